The summed E-state index contributed by atoms with van der Waals surface area (Å²) in [6.07, 6.45) is 2.20. The van der Waals surface area contributed by atoms with Crippen molar-refractivity contribution in [2.24, 2.45) is 0 Å². The van der Waals surface area contributed by atoms with Crippen LogP contribution in [0.3, 0.4) is 0 Å². The van der Waals surface area contributed by atoms with Gasteiger partial charge >= 0.3 is 0 Å². The van der Waals surface area contributed by atoms with Crippen molar-refractivity contribution in [3.05, 3.63) is 34.9 Å². The molecule has 0 saturated heterocycles. The highest BCUT2D eigenvalue weighted by atomic mass is 16.5. The smallest absolute Gasteiger partial charge is 0.0502 e. The summed E-state index contributed by atoms with van der Waals surface area (Å²) in [6, 6.07) is 6.60. The summed E-state index contributed by atoms with van der Waals surface area (Å²) in [7, 11) is 1.76. The maximum Gasteiger partial charge on any atom is 0.0502 e. The van der Waals surface area contributed by atoms with Crippen LogP contribution in [-0.4, -0.2) is 20.3 Å². The quantitative estimate of drug-likeness (QED) is 0.782. The molecular weight excluding hydrogens is 174 g/mol. The molecule has 76 valence electrons. The number of hydrogen-bond acceptors (Lipinski definition) is 2. The molecule has 2 nitrogen and oxygen atoms in total. The number of nitrogens with one attached hydrogen (secondary N) is 1. The maximum atomic E-state index is 5.12. The van der Waals surface area contributed by atoms with Crippen molar-refractivity contribution in [1.29, 1.82) is 0 Å². The fraction of sp³-hybridized carbons (Fsp3) is 0.500. The van der Waals surface area contributed by atoms with Crippen molar-refractivity contribution < 1.29 is 4.74 Å². The normalized spacial score (nSPS) is 15.2. The molecule has 0 amide bonds. The lowest BCUT2D eigenvalue weighted by atomic mass is 9.94. The summed E-state index contributed by atoms with van der Waals surface area (Å²) in [5.41, 5.74) is 4.47. The van der Waals surface area contributed by atoms with Crippen LogP contribution < -0.4 is 5.32 Å². The van der Waals surface area contributed by atoms with E-state index >= 15 is 0 Å². The third kappa shape index (κ3) is 1.97. The summed E-state index contributed by atoms with van der Waals surface area (Å²) in [5.74, 6) is 0. The Hall–Kier alpha value is -0.860. The van der Waals surface area contributed by atoms with Gasteiger partial charge in [-0.2, -0.15) is 0 Å². The van der Waals surface area contributed by atoms with Crippen molar-refractivity contribution in [3.63, 3.8) is 0 Å². The second-order valence-corrected chi connectivity index (χ2v) is 3.72. The standard InChI is InChI=1S/C12H17NO/c1-14-8-6-10-3-2-4-11-9-13-7-5-12(10)11/h2-4,13H,5-9H2,1H3. The average molecular weight is 191 g/mol. The van der Waals surface area contributed by atoms with Crippen LogP contribution in [0.5, 0.6) is 0 Å². The third-order valence-electron chi connectivity index (χ3n) is 2.81. The monoisotopic (exact) mass is 191 g/mol. The topological polar surface area (TPSA) is 21.3 Å². The fourth-order valence-corrected chi connectivity index (χ4v) is 2.06. The SMILES string of the molecule is COCCc1cccc2c1CCNC2. The molecule has 0 aromatic heterocycles. The highest BCUT2D eigenvalue weighted by Crippen LogP contribution is 2.18. The highest BCUT2D eigenvalue weighted by molar-refractivity contribution is 5.37. The van der Waals surface area contributed by atoms with E-state index in [0.717, 1.165) is 32.5 Å². The van der Waals surface area contributed by atoms with E-state index in [4.69, 9.17) is 4.74 Å². The zero-order valence-corrected chi connectivity index (χ0v) is 8.68. The zero-order chi connectivity index (χ0) is 9.80. The number of methoxy groups -OCH3 is 1. The second kappa shape index (κ2) is 4.58. The minimum absolute atomic E-state index is 0.823. The van der Waals surface area contributed by atoms with Gasteiger partial charge in [0.15, 0.2) is 0 Å². The Morgan fingerprint density at radius 1 is 1.43 bits per heavy atom. The van der Waals surface area contributed by atoms with Gasteiger partial charge in [-0.3, -0.25) is 0 Å². The van der Waals surface area contributed by atoms with Crippen molar-refractivity contribution in [3.8, 4) is 0 Å². The van der Waals surface area contributed by atoms with Crippen LogP contribution in [0.25, 0.3) is 0 Å². The van der Waals surface area contributed by atoms with Crippen LogP contribution in [0.1, 0.15) is 16.7 Å². The van der Waals surface area contributed by atoms with Crippen LogP contribution in [0.15, 0.2) is 18.2 Å². The molecule has 1 aromatic rings. The largest absolute Gasteiger partial charge is 0.384 e. The van der Waals surface area contributed by atoms with Crippen molar-refractivity contribution in [1.82, 2.24) is 5.32 Å². The number of hydrogen-bond donors (Lipinski definition) is 1. The third-order valence-corrected chi connectivity index (χ3v) is 2.81. The fourth-order valence-electron chi connectivity index (χ4n) is 2.06. The lowest BCUT2D eigenvalue weighted by Crippen LogP contribution is -2.24. The molecule has 0 fully saturated rings. The van der Waals surface area contributed by atoms with Gasteiger partial charge in [0.05, 0.1) is 6.61 Å². The molecule has 1 N–H and O–H groups in total. The van der Waals surface area contributed by atoms with Gasteiger partial charge in [0.1, 0.15) is 0 Å². The summed E-state index contributed by atoms with van der Waals surface area (Å²) in [6.45, 7) is 2.96. The first kappa shape index (κ1) is 9.69. The van der Waals surface area contributed by atoms with Gasteiger partial charge in [-0.1, -0.05) is 18.2 Å². The summed E-state index contributed by atoms with van der Waals surface area (Å²) < 4.78 is 5.12. The summed E-state index contributed by atoms with van der Waals surface area (Å²) in [4.78, 5) is 0. The molecule has 1 aliphatic rings. The van der Waals surface area contributed by atoms with Gasteiger partial charge in [-0.05, 0) is 36.1 Å². The molecule has 0 spiro atoms. The lowest BCUT2D eigenvalue weighted by Gasteiger charge is -2.20. The van der Waals surface area contributed by atoms with Gasteiger partial charge in [0, 0.05) is 13.7 Å². The van der Waals surface area contributed by atoms with Crippen LogP contribution in [0.4, 0.5) is 0 Å². The molecule has 0 unspecified atom stereocenters. The van der Waals surface area contributed by atoms with Gasteiger partial charge in [0.25, 0.3) is 0 Å². The summed E-state index contributed by atoms with van der Waals surface area (Å²) >= 11 is 0. The number of rotatable bonds is 3. The Morgan fingerprint density at radius 2 is 2.36 bits per heavy atom. The molecule has 0 saturated carbocycles. The van der Waals surface area contributed by atoms with Crippen LogP contribution in [0, 0.1) is 0 Å². The van der Waals surface area contributed by atoms with E-state index in [2.05, 4.69) is 23.5 Å². The zero-order valence-electron chi connectivity index (χ0n) is 8.68. The summed E-state index contributed by atoms with van der Waals surface area (Å²) in [5, 5.41) is 3.39. The van der Waals surface area contributed by atoms with E-state index in [9.17, 15) is 0 Å². The van der Waals surface area contributed by atoms with Crippen LogP contribution in [0.2, 0.25) is 0 Å². The van der Waals surface area contributed by atoms with Gasteiger partial charge in [0.2, 0.25) is 0 Å². The van der Waals surface area contributed by atoms with Gasteiger partial charge < -0.3 is 10.1 Å². The molecule has 0 bridgehead atoms. The molecule has 1 aliphatic heterocycles. The Labute approximate surface area is 85.3 Å². The first-order valence-electron chi connectivity index (χ1n) is 5.21. The Kier molecular flexibility index (Phi) is 3.17. The van der Waals surface area contributed by atoms with E-state index in [1.807, 2.05) is 0 Å². The number of ether oxygens (including phenoxy) is 1. The Bertz CT molecular complexity index is 309. The molecule has 1 aromatic carbocycles. The van der Waals surface area contributed by atoms with Crippen LogP contribution >= 0.6 is 0 Å². The Balaban J connectivity index is 2.21. The second-order valence-electron chi connectivity index (χ2n) is 3.72. The molecule has 0 atom stereocenters. The number of benzene rings is 1. The average Bonchev–Trinajstić information content (AvgIpc) is 2.26. The van der Waals surface area contributed by atoms with Gasteiger partial charge in [-0.25, -0.2) is 0 Å². The van der Waals surface area contributed by atoms with Crippen LogP contribution in [-0.2, 0) is 24.1 Å². The lowest BCUT2D eigenvalue weighted by molar-refractivity contribution is 0.202. The molecule has 1 heterocycles. The first-order valence-corrected chi connectivity index (χ1v) is 5.21. The van der Waals surface area contributed by atoms with E-state index in [0.29, 0.717) is 0 Å². The molecule has 0 aliphatic carbocycles. The molecule has 0 radical (unpaired) electrons. The molecular formula is C12H17NO. The first-order chi connectivity index (χ1) is 6.92. The maximum absolute atomic E-state index is 5.12. The van der Waals surface area contributed by atoms with Gasteiger partial charge in [-0.15, -0.1) is 0 Å². The van der Waals surface area contributed by atoms with Crippen molar-refractivity contribution in [2.45, 2.75) is 19.4 Å². The predicted molar refractivity (Wildman–Crippen MR) is 57.4 cm³/mol. The minimum Gasteiger partial charge on any atom is -0.384 e. The number of fused-ring (bicyclic) bond motifs is 1. The minimum atomic E-state index is 0.823. The molecule has 2 heteroatoms. The van der Waals surface area contributed by atoms with E-state index < -0.39 is 0 Å². The Morgan fingerprint density at radius 3 is 3.21 bits per heavy atom. The highest BCUT2D eigenvalue weighted by Gasteiger charge is 2.11. The van der Waals surface area contributed by atoms with Crippen molar-refractivity contribution >= 4 is 0 Å². The van der Waals surface area contributed by atoms with E-state index in [1.165, 1.54) is 11.1 Å². The van der Waals surface area contributed by atoms with E-state index in [-0.39, 0.29) is 0 Å². The predicted octanol–water partition coefficient (Wildman–Crippen LogP) is 1.52. The molecule has 14 heavy (non-hydrogen) atoms. The van der Waals surface area contributed by atoms with E-state index in [1.54, 1.807) is 12.7 Å². The molecule has 2 rings (SSSR count). The van der Waals surface area contributed by atoms with Crippen molar-refractivity contribution in [2.75, 3.05) is 20.3 Å².